The van der Waals surface area contributed by atoms with Gasteiger partial charge < -0.3 is 5.32 Å². The van der Waals surface area contributed by atoms with E-state index in [1.165, 1.54) is 6.07 Å². The highest BCUT2D eigenvalue weighted by atomic mass is 35.5. The summed E-state index contributed by atoms with van der Waals surface area (Å²) >= 11 is 5.53. The molecule has 2 aromatic carbocycles. The van der Waals surface area contributed by atoms with Crippen LogP contribution in [0, 0.1) is 17.5 Å². The smallest absolute Gasteiger partial charge is 0.198 e. The van der Waals surface area contributed by atoms with Gasteiger partial charge in [-0.15, -0.1) is 0 Å². The molecule has 0 aliphatic heterocycles. The van der Waals surface area contributed by atoms with Crippen LogP contribution in [0.4, 0.5) is 30.4 Å². The van der Waals surface area contributed by atoms with Crippen molar-refractivity contribution in [2.45, 2.75) is 0 Å². The molecule has 0 unspecified atom stereocenters. The number of nitrogens with zero attached hydrogens (tertiary/aromatic N) is 2. The molecule has 118 valence electrons. The lowest BCUT2D eigenvalue weighted by molar-refractivity contribution is -0.826. The van der Waals surface area contributed by atoms with Crippen molar-refractivity contribution in [3.63, 3.8) is 0 Å². The van der Waals surface area contributed by atoms with E-state index in [4.69, 9.17) is 16.8 Å². The Morgan fingerprint density at radius 1 is 1.09 bits per heavy atom. The molecule has 0 fully saturated rings. The van der Waals surface area contributed by atoms with Crippen LogP contribution in [0.15, 0.2) is 30.6 Å². The monoisotopic (exact) mass is 341 g/mol. The number of hydrogen-bond acceptors (Lipinski definition) is 4. The SMILES string of the molecule is O[NH2+]c1cc2c(Nc3ccc(F)c(Cl)c3F)ncnc2cc1F. The average Bonchev–Trinajstić information content (AvgIpc) is 2.55. The molecule has 0 atom stereocenters. The first-order valence-corrected chi connectivity index (χ1v) is 6.71. The molecule has 0 saturated heterocycles. The number of fused-ring (bicyclic) bond motifs is 1. The van der Waals surface area contributed by atoms with Crippen molar-refractivity contribution >= 4 is 39.7 Å². The highest BCUT2D eigenvalue weighted by Gasteiger charge is 2.15. The minimum Gasteiger partial charge on any atom is -0.337 e. The molecule has 0 aliphatic carbocycles. The fourth-order valence-corrected chi connectivity index (χ4v) is 2.21. The number of rotatable bonds is 3. The molecule has 0 amide bonds. The zero-order valence-electron chi connectivity index (χ0n) is 11.3. The van der Waals surface area contributed by atoms with Crippen LogP contribution in [0.1, 0.15) is 0 Å². The molecule has 0 aliphatic rings. The van der Waals surface area contributed by atoms with E-state index in [0.717, 1.165) is 24.5 Å². The number of benzene rings is 2. The molecule has 23 heavy (non-hydrogen) atoms. The molecule has 1 aromatic heterocycles. The van der Waals surface area contributed by atoms with E-state index in [1.54, 1.807) is 0 Å². The highest BCUT2D eigenvalue weighted by Crippen LogP contribution is 2.30. The molecular weight excluding hydrogens is 333 g/mol. The van der Waals surface area contributed by atoms with E-state index in [9.17, 15) is 13.2 Å². The first-order valence-electron chi connectivity index (χ1n) is 6.33. The molecule has 0 spiro atoms. The molecule has 1 heterocycles. The van der Waals surface area contributed by atoms with Crippen molar-refractivity contribution in [1.82, 2.24) is 9.97 Å². The van der Waals surface area contributed by atoms with Crippen molar-refractivity contribution in [2.24, 2.45) is 0 Å². The first kappa shape index (κ1) is 15.5. The lowest BCUT2D eigenvalue weighted by Crippen LogP contribution is -2.74. The lowest BCUT2D eigenvalue weighted by Gasteiger charge is -2.10. The number of hydrogen-bond donors (Lipinski definition) is 3. The normalized spacial score (nSPS) is 11.0. The van der Waals surface area contributed by atoms with Crippen LogP contribution in [-0.2, 0) is 0 Å². The van der Waals surface area contributed by atoms with Gasteiger partial charge in [-0.1, -0.05) is 11.6 Å². The molecule has 4 N–H and O–H groups in total. The zero-order chi connectivity index (χ0) is 16.6. The summed E-state index contributed by atoms with van der Waals surface area (Å²) in [7, 11) is 0. The molecule has 3 aromatic rings. The van der Waals surface area contributed by atoms with Gasteiger partial charge in [0.2, 0.25) is 0 Å². The van der Waals surface area contributed by atoms with Crippen LogP contribution in [-0.4, -0.2) is 15.2 Å². The maximum atomic E-state index is 14.0. The summed E-state index contributed by atoms with van der Waals surface area (Å²) < 4.78 is 40.8. The second-order valence-corrected chi connectivity index (χ2v) is 4.97. The number of aromatic nitrogens is 2. The Morgan fingerprint density at radius 2 is 1.87 bits per heavy atom. The minimum atomic E-state index is -0.977. The number of halogens is 4. The lowest BCUT2D eigenvalue weighted by atomic mass is 10.2. The van der Waals surface area contributed by atoms with Crippen molar-refractivity contribution < 1.29 is 23.9 Å². The minimum absolute atomic E-state index is 0.0760. The van der Waals surface area contributed by atoms with Gasteiger partial charge >= 0.3 is 0 Å². The van der Waals surface area contributed by atoms with Crippen molar-refractivity contribution in [3.8, 4) is 0 Å². The third kappa shape index (κ3) is 2.79. The van der Waals surface area contributed by atoms with E-state index in [2.05, 4.69) is 15.3 Å². The van der Waals surface area contributed by atoms with Crippen LogP contribution in [0.5, 0.6) is 0 Å². The summed E-state index contributed by atoms with van der Waals surface area (Å²) in [6, 6.07) is 4.57. The van der Waals surface area contributed by atoms with Gasteiger partial charge in [-0.05, 0) is 12.1 Å². The molecule has 5 nitrogen and oxygen atoms in total. The molecular formula is C14H9ClF3N4O+. The Kier molecular flexibility index (Phi) is 4.03. The van der Waals surface area contributed by atoms with Crippen LogP contribution >= 0.6 is 11.6 Å². The summed E-state index contributed by atoms with van der Waals surface area (Å²) in [6.07, 6.45) is 1.16. The van der Waals surface area contributed by atoms with Gasteiger partial charge in [-0.2, -0.15) is 5.48 Å². The van der Waals surface area contributed by atoms with Gasteiger partial charge in [0.15, 0.2) is 17.3 Å². The largest absolute Gasteiger partial charge is 0.337 e. The van der Waals surface area contributed by atoms with Crippen LogP contribution < -0.4 is 10.8 Å². The highest BCUT2D eigenvalue weighted by molar-refractivity contribution is 6.31. The average molecular weight is 342 g/mol. The number of nitrogens with one attached hydrogen (secondary N) is 1. The molecule has 3 rings (SSSR count). The summed E-state index contributed by atoms with van der Waals surface area (Å²) in [4.78, 5) is 7.86. The Balaban J connectivity index is 2.12. The Hall–Kier alpha value is -2.42. The summed E-state index contributed by atoms with van der Waals surface area (Å²) in [5, 5.41) is 11.4. The third-order valence-corrected chi connectivity index (χ3v) is 3.53. The molecule has 0 radical (unpaired) electrons. The Labute approximate surface area is 132 Å². The first-order chi connectivity index (χ1) is 11.0. The predicted octanol–water partition coefficient (Wildman–Crippen LogP) is 3.03. The zero-order valence-corrected chi connectivity index (χ0v) is 12.1. The van der Waals surface area contributed by atoms with Crippen LogP contribution in [0.3, 0.4) is 0 Å². The van der Waals surface area contributed by atoms with E-state index < -0.39 is 22.5 Å². The second kappa shape index (κ2) is 5.99. The van der Waals surface area contributed by atoms with Gasteiger partial charge in [-0.25, -0.2) is 28.3 Å². The van der Waals surface area contributed by atoms with Gasteiger partial charge in [0.25, 0.3) is 0 Å². The van der Waals surface area contributed by atoms with E-state index in [0.29, 0.717) is 10.9 Å². The predicted molar refractivity (Wildman–Crippen MR) is 77.5 cm³/mol. The van der Waals surface area contributed by atoms with Crippen LogP contribution in [0.25, 0.3) is 10.9 Å². The molecule has 0 saturated carbocycles. The van der Waals surface area contributed by atoms with Crippen molar-refractivity contribution in [1.29, 1.82) is 0 Å². The topological polar surface area (TPSA) is 74.7 Å². The standard InChI is InChI=1S/C14H8ClF3N4O/c15-12-7(16)1-2-9(13(12)18)21-14-6-3-11(22-23)8(17)4-10(6)19-5-20-14/h1-5,22-23H,(H,19,20,21)/p+1. The number of anilines is 2. The second-order valence-electron chi connectivity index (χ2n) is 4.59. The van der Waals surface area contributed by atoms with E-state index in [1.807, 2.05) is 0 Å². The maximum Gasteiger partial charge on any atom is 0.198 e. The molecule has 0 bridgehead atoms. The molecule has 9 heteroatoms. The van der Waals surface area contributed by atoms with Gasteiger partial charge in [0, 0.05) is 17.5 Å². The number of nitrogens with two attached hydrogens (primary N) is 1. The van der Waals surface area contributed by atoms with Crippen molar-refractivity contribution in [3.05, 3.63) is 53.1 Å². The van der Waals surface area contributed by atoms with Gasteiger partial charge in [0.1, 0.15) is 23.0 Å². The quantitative estimate of drug-likeness (QED) is 0.389. The Morgan fingerprint density at radius 3 is 2.61 bits per heavy atom. The third-order valence-electron chi connectivity index (χ3n) is 3.18. The number of quaternary nitrogens is 1. The van der Waals surface area contributed by atoms with Gasteiger partial charge in [0.05, 0.1) is 11.2 Å². The fourth-order valence-electron chi connectivity index (χ4n) is 2.04. The maximum absolute atomic E-state index is 14.0. The van der Waals surface area contributed by atoms with E-state index >= 15 is 0 Å². The summed E-state index contributed by atoms with van der Waals surface area (Å²) in [5.74, 6) is -2.38. The van der Waals surface area contributed by atoms with Crippen LogP contribution in [0.2, 0.25) is 5.02 Å². The van der Waals surface area contributed by atoms with Crippen molar-refractivity contribution in [2.75, 3.05) is 5.32 Å². The fraction of sp³-hybridized carbons (Fsp3) is 0. The summed E-state index contributed by atoms with van der Waals surface area (Å²) in [5.41, 5.74) is 0.670. The van der Waals surface area contributed by atoms with E-state index in [-0.39, 0.29) is 22.7 Å². The summed E-state index contributed by atoms with van der Waals surface area (Å²) in [6.45, 7) is 0. The van der Waals surface area contributed by atoms with Gasteiger partial charge in [-0.3, -0.25) is 0 Å². The Bertz CT molecular complexity index is 907.